The number of hydrogen-bond donors (Lipinski definition) is 1. The summed E-state index contributed by atoms with van der Waals surface area (Å²) in [6, 6.07) is 0. The van der Waals surface area contributed by atoms with Gasteiger partial charge in [-0.15, -0.1) is 10.2 Å². The minimum Gasteiger partial charge on any atom is -0.425 e. The molecular weight excluding hydrogens is 194 g/mol. The third kappa shape index (κ3) is 2.35. The van der Waals surface area contributed by atoms with Crippen molar-refractivity contribution in [2.75, 3.05) is 20.2 Å². The molecule has 0 aromatic carbocycles. The Morgan fingerprint density at radius 3 is 3.00 bits per heavy atom. The van der Waals surface area contributed by atoms with Crippen LogP contribution in [-0.4, -0.2) is 36.5 Å². The highest BCUT2D eigenvalue weighted by atomic mass is 16.5. The van der Waals surface area contributed by atoms with E-state index in [1.807, 2.05) is 7.05 Å². The Kier molecular flexibility index (Phi) is 3.33. The molecule has 2 heterocycles. The molecule has 5 heteroatoms. The summed E-state index contributed by atoms with van der Waals surface area (Å²) in [5.74, 6) is 1.71. The van der Waals surface area contributed by atoms with Crippen LogP contribution in [0.1, 0.15) is 31.0 Å². The Morgan fingerprint density at radius 1 is 1.47 bits per heavy atom. The first-order chi connectivity index (χ1) is 7.31. The predicted molar refractivity (Wildman–Crippen MR) is 54.7 cm³/mol. The zero-order valence-corrected chi connectivity index (χ0v) is 9.19. The number of nitrogens with zero attached hydrogens (tertiary/aromatic N) is 2. The Balaban J connectivity index is 1.99. The molecule has 2 rings (SSSR count). The number of ether oxygens (including phenoxy) is 1. The molecule has 5 nitrogen and oxygen atoms in total. The fourth-order valence-corrected chi connectivity index (χ4v) is 1.81. The van der Waals surface area contributed by atoms with Crippen LogP contribution in [0.25, 0.3) is 0 Å². The highest BCUT2D eigenvalue weighted by Crippen LogP contribution is 2.29. The van der Waals surface area contributed by atoms with Gasteiger partial charge in [0, 0.05) is 19.6 Å². The summed E-state index contributed by atoms with van der Waals surface area (Å²) in [6.07, 6.45) is 1.96. The molecule has 1 saturated heterocycles. The number of aromatic nitrogens is 2. The van der Waals surface area contributed by atoms with Crippen molar-refractivity contribution >= 4 is 0 Å². The minimum absolute atomic E-state index is 0.197. The molecule has 0 saturated carbocycles. The lowest BCUT2D eigenvalue weighted by molar-refractivity contribution is 0.114. The average Bonchev–Trinajstić information content (AvgIpc) is 2.83. The molecular formula is C10H17N3O2. The van der Waals surface area contributed by atoms with Crippen LogP contribution < -0.4 is 5.32 Å². The van der Waals surface area contributed by atoms with E-state index in [1.165, 1.54) is 0 Å². The van der Waals surface area contributed by atoms with Crippen molar-refractivity contribution in [3.05, 3.63) is 11.8 Å². The van der Waals surface area contributed by atoms with Crippen LogP contribution in [0, 0.1) is 0 Å². The molecule has 0 amide bonds. The van der Waals surface area contributed by atoms with Crippen LogP contribution in [0.3, 0.4) is 0 Å². The topological polar surface area (TPSA) is 60.2 Å². The van der Waals surface area contributed by atoms with Gasteiger partial charge in [-0.1, -0.05) is 0 Å². The summed E-state index contributed by atoms with van der Waals surface area (Å²) in [5, 5.41) is 11.1. The van der Waals surface area contributed by atoms with Gasteiger partial charge in [-0.25, -0.2) is 0 Å². The summed E-state index contributed by atoms with van der Waals surface area (Å²) in [4.78, 5) is 0. The monoisotopic (exact) mass is 211 g/mol. The highest BCUT2D eigenvalue weighted by molar-refractivity contribution is 4.97. The third-order valence-electron chi connectivity index (χ3n) is 2.76. The van der Waals surface area contributed by atoms with Gasteiger partial charge in [0.1, 0.15) is 0 Å². The largest absolute Gasteiger partial charge is 0.425 e. The highest BCUT2D eigenvalue weighted by Gasteiger charge is 2.30. The van der Waals surface area contributed by atoms with Gasteiger partial charge in [-0.2, -0.15) is 0 Å². The molecule has 84 valence electrons. The van der Waals surface area contributed by atoms with Crippen LogP contribution >= 0.6 is 0 Å². The van der Waals surface area contributed by atoms with E-state index in [0.717, 1.165) is 31.9 Å². The Bertz CT molecular complexity index is 313. The van der Waals surface area contributed by atoms with E-state index in [4.69, 9.17) is 9.15 Å². The lowest BCUT2D eigenvalue weighted by atomic mass is 10.0. The molecule has 1 aliphatic heterocycles. The van der Waals surface area contributed by atoms with Gasteiger partial charge in [0.25, 0.3) is 0 Å². The van der Waals surface area contributed by atoms with Gasteiger partial charge in [0.2, 0.25) is 11.8 Å². The second-order valence-corrected chi connectivity index (χ2v) is 3.86. The second kappa shape index (κ2) is 4.72. The smallest absolute Gasteiger partial charge is 0.222 e. The predicted octanol–water partition coefficient (Wildman–Crippen LogP) is 0.724. The first kappa shape index (κ1) is 10.6. The summed E-state index contributed by atoms with van der Waals surface area (Å²) >= 11 is 0. The van der Waals surface area contributed by atoms with E-state index < -0.39 is 0 Å². The maximum atomic E-state index is 5.60. The average molecular weight is 211 g/mol. The zero-order chi connectivity index (χ0) is 10.7. The molecule has 1 aromatic rings. The number of likely N-dealkylation sites (N-methyl/N-ethyl adjacent to an activating group) is 1. The van der Waals surface area contributed by atoms with Gasteiger partial charge >= 0.3 is 0 Å². The molecule has 0 aliphatic carbocycles. The molecule has 1 aliphatic rings. The van der Waals surface area contributed by atoms with E-state index in [1.54, 1.807) is 0 Å². The Hall–Kier alpha value is -0.940. The summed E-state index contributed by atoms with van der Waals surface area (Å²) in [5.41, 5.74) is 0. The summed E-state index contributed by atoms with van der Waals surface area (Å²) < 4.78 is 11.1. The standard InChI is InChI=1S/C10H17N3O2/c1-7-8(4-6-14-7)10-13-12-9(15-10)3-5-11-2/h7-8,11H,3-6H2,1-2H3. The third-order valence-corrected chi connectivity index (χ3v) is 2.76. The van der Waals surface area contributed by atoms with Crippen LogP contribution in [0.4, 0.5) is 0 Å². The zero-order valence-electron chi connectivity index (χ0n) is 9.19. The van der Waals surface area contributed by atoms with Gasteiger partial charge in [-0.3, -0.25) is 0 Å². The SMILES string of the molecule is CNCCc1nnc(C2CCOC2C)o1. The van der Waals surface area contributed by atoms with Crippen molar-refractivity contribution in [1.29, 1.82) is 0 Å². The second-order valence-electron chi connectivity index (χ2n) is 3.86. The van der Waals surface area contributed by atoms with Gasteiger partial charge in [0.05, 0.1) is 12.0 Å². The van der Waals surface area contributed by atoms with Gasteiger partial charge < -0.3 is 14.5 Å². The fraction of sp³-hybridized carbons (Fsp3) is 0.800. The molecule has 1 N–H and O–H groups in total. The van der Waals surface area contributed by atoms with E-state index >= 15 is 0 Å². The maximum Gasteiger partial charge on any atom is 0.222 e. The Labute approximate surface area is 89.2 Å². The van der Waals surface area contributed by atoms with Gasteiger partial charge in [-0.05, 0) is 20.4 Å². The quantitative estimate of drug-likeness (QED) is 0.795. The van der Waals surface area contributed by atoms with Crippen LogP contribution in [0.15, 0.2) is 4.42 Å². The van der Waals surface area contributed by atoms with Crippen LogP contribution in [0.2, 0.25) is 0 Å². The molecule has 0 spiro atoms. The van der Waals surface area contributed by atoms with Crippen molar-refractivity contribution in [1.82, 2.24) is 15.5 Å². The minimum atomic E-state index is 0.197. The van der Waals surface area contributed by atoms with Crippen molar-refractivity contribution in [3.8, 4) is 0 Å². The lowest BCUT2D eigenvalue weighted by Gasteiger charge is -2.07. The van der Waals surface area contributed by atoms with Crippen molar-refractivity contribution in [2.24, 2.45) is 0 Å². The van der Waals surface area contributed by atoms with E-state index in [0.29, 0.717) is 5.89 Å². The Morgan fingerprint density at radius 2 is 2.33 bits per heavy atom. The fourth-order valence-electron chi connectivity index (χ4n) is 1.81. The molecule has 1 aromatic heterocycles. The molecule has 15 heavy (non-hydrogen) atoms. The number of nitrogens with one attached hydrogen (secondary N) is 1. The van der Waals surface area contributed by atoms with E-state index in [9.17, 15) is 0 Å². The number of rotatable bonds is 4. The summed E-state index contributed by atoms with van der Waals surface area (Å²) in [7, 11) is 1.91. The van der Waals surface area contributed by atoms with E-state index in [-0.39, 0.29) is 12.0 Å². The summed E-state index contributed by atoms with van der Waals surface area (Å²) in [6.45, 7) is 3.70. The van der Waals surface area contributed by atoms with Crippen LogP contribution in [-0.2, 0) is 11.2 Å². The molecule has 2 unspecified atom stereocenters. The molecule has 1 fully saturated rings. The van der Waals surface area contributed by atoms with E-state index in [2.05, 4.69) is 22.4 Å². The molecule has 0 radical (unpaired) electrons. The first-order valence-corrected chi connectivity index (χ1v) is 5.39. The molecule has 0 bridgehead atoms. The normalized spacial score (nSPS) is 26.0. The maximum absolute atomic E-state index is 5.60. The van der Waals surface area contributed by atoms with Crippen molar-refractivity contribution in [2.45, 2.75) is 31.8 Å². The van der Waals surface area contributed by atoms with Crippen LogP contribution in [0.5, 0.6) is 0 Å². The molecule has 2 atom stereocenters. The number of hydrogen-bond acceptors (Lipinski definition) is 5. The van der Waals surface area contributed by atoms with Gasteiger partial charge in [0.15, 0.2) is 0 Å². The lowest BCUT2D eigenvalue weighted by Crippen LogP contribution is -2.10. The van der Waals surface area contributed by atoms with Crippen molar-refractivity contribution in [3.63, 3.8) is 0 Å². The van der Waals surface area contributed by atoms with Crippen molar-refractivity contribution < 1.29 is 9.15 Å². The first-order valence-electron chi connectivity index (χ1n) is 5.39.